The van der Waals surface area contributed by atoms with E-state index in [2.05, 4.69) is 6.58 Å². The normalized spacial score (nSPS) is 8.89. The average molecular weight is 119 g/mol. The van der Waals surface area contributed by atoms with Gasteiger partial charge in [-0.15, -0.1) is 0 Å². The van der Waals surface area contributed by atoms with Gasteiger partial charge in [0, 0.05) is 6.20 Å². The molecule has 1 aromatic rings. The monoisotopic (exact) mass is 119 g/mol. The molecule has 0 aliphatic rings. The van der Waals surface area contributed by atoms with Crippen LogP contribution in [0.5, 0.6) is 0 Å². The Morgan fingerprint density at radius 1 is 1.22 bits per heavy atom. The number of rotatable bonds is 0. The molecular weight excluding hydrogens is 110 g/mol. The Morgan fingerprint density at radius 2 is 1.78 bits per heavy atom. The van der Waals surface area contributed by atoms with Gasteiger partial charge >= 0.3 is 0 Å². The van der Waals surface area contributed by atoms with E-state index in [0.29, 0.717) is 0 Å². The first kappa shape index (κ1) is 5.89. The van der Waals surface area contributed by atoms with E-state index in [9.17, 15) is 0 Å². The molecule has 0 aliphatic carbocycles. The molecule has 0 unspecified atom stereocenters. The lowest BCUT2D eigenvalue weighted by molar-refractivity contribution is 1.53. The summed E-state index contributed by atoms with van der Waals surface area (Å²) in [5.74, 6) is 0. The summed E-state index contributed by atoms with van der Waals surface area (Å²) in [5.41, 5.74) is 5.25. The SMILES string of the molecule is C=c1ccc(=CN)cc1. The second kappa shape index (κ2) is 2.35. The predicted octanol–water partition coefficient (Wildman–Crippen LogP) is -0.206. The smallest absolute Gasteiger partial charge is 0.00115 e. The summed E-state index contributed by atoms with van der Waals surface area (Å²) in [5, 5.41) is 2.04. The second-order valence-electron chi connectivity index (χ2n) is 1.91. The fraction of sp³-hybridized carbons (Fsp3) is 0. The lowest BCUT2D eigenvalue weighted by Gasteiger charge is -1.81. The molecule has 1 heteroatoms. The molecule has 0 atom stereocenters. The van der Waals surface area contributed by atoms with Crippen LogP contribution in [0.15, 0.2) is 24.3 Å². The zero-order chi connectivity index (χ0) is 6.69. The first-order valence-electron chi connectivity index (χ1n) is 2.80. The van der Waals surface area contributed by atoms with Gasteiger partial charge in [0.05, 0.1) is 0 Å². The molecule has 2 N–H and O–H groups in total. The molecule has 0 saturated heterocycles. The van der Waals surface area contributed by atoms with Crippen molar-refractivity contribution < 1.29 is 0 Å². The van der Waals surface area contributed by atoms with Crippen molar-refractivity contribution in [3.63, 3.8) is 0 Å². The van der Waals surface area contributed by atoms with Crippen LogP contribution in [0, 0.1) is 0 Å². The molecule has 0 aromatic heterocycles. The zero-order valence-corrected chi connectivity index (χ0v) is 5.17. The Morgan fingerprint density at radius 3 is 2.22 bits per heavy atom. The molecule has 0 spiro atoms. The maximum Gasteiger partial charge on any atom is 0.00115 e. The van der Waals surface area contributed by atoms with E-state index < -0.39 is 0 Å². The van der Waals surface area contributed by atoms with Gasteiger partial charge in [-0.05, 0) is 10.4 Å². The van der Waals surface area contributed by atoms with Crippen LogP contribution in [0.1, 0.15) is 0 Å². The Labute approximate surface area is 54.1 Å². The Kier molecular flexibility index (Phi) is 1.54. The lowest BCUT2D eigenvalue weighted by Crippen LogP contribution is -2.06. The number of hydrogen-bond acceptors (Lipinski definition) is 1. The number of benzene rings is 1. The van der Waals surface area contributed by atoms with Gasteiger partial charge in [-0.2, -0.15) is 0 Å². The largest absolute Gasteiger partial charge is 0.404 e. The van der Waals surface area contributed by atoms with Gasteiger partial charge in [-0.25, -0.2) is 0 Å². The standard InChI is InChI=1S/C8H9N/c1-7-2-4-8(6-9)5-3-7/h2-6H,1,9H2. The quantitative estimate of drug-likeness (QED) is 0.502. The minimum atomic E-state index is 1.01. The van der Waals surface area contributed by atoms with Crippen LogP contribution in [0.2, 0.25) is 0 Å². The Balaban J connectivity index is 3.34. The number of hydrogen-bond donors (Lipinski definition) is 1. The summed E-state index contributed by atoms with van der Waals surface area (Å²) in [6.45, 7) is 3.74. The van der Waals surface area contributed by atoms with Crippen molar-refractivity contribution in [3.05, 3.63) is 34.7 Å². The predicted molar refractivity (Wildman–Crippen MR) is 39.9 cm³/mol. The van der Waals surface area contributed by atoms with E-state index in [1.807, 2.05) is 24.3 Å². The van der Waals surface area contributed by atoms with Gasteiger partial charge in [-0.3, -0.25) is 0 Å². The molecule has 9 heavy (non-hydrogen) atoms. The van der Waals surface area contributed by atoms with Gasteiger partial charge in [0.2, 0.25) is 0 Å². The van der Waals surface area contributed by atoms with Gasteiger partial charge in [-0.1, -0.05) is 30.8 Å². The maximum atomic E-state index is 5.25. The van der Waals surface area contributed by atoms with Gasteiger partial charge in [0.1, 0.15) is 0 Å². The molecule has 0 fully saturated rings. The van der Waals surface area contributed by atoms with Crippen molar-refractivity contribution >= 4 is 12.8 Å². The highest BCUT2D eigenvalue weighted by atomic mass is 14.5. The third-order valence-electron chi connectivity index (χ3n) is 1.17. The van der Waals surface area contributed by atoms with Crippen molar-refractivity contribution in [1.82, 2.24) is 0 Å². The summed E-state index contributed by atoms with van der Waals surface area (Å²) < 4.78 is 0. The molecule has 0 radical (unpaired) electrons. The van der Waals surface area contributed by atoms with Crippen LogP contribution < -0.4 is 16.2 Å². The minimum Gasteiger partial charge on any atom is -0.404 e. The van der Waals surface area contributed by atoms with Gasteiger partial charge < -0.3 is 5.73 Å². The fourth-order valence-electron chi connectivity index (χ4n) is 0.629. The molecule has 0 saturated carbocycles. The van der Waals surface area contributed by atoms with Crippen LogP contribution in [0.3, 0.4) is 0 Å². The number of nitrogens with two attached hydrogens (primary N) is 1. The maximum absolute atomic E-state index is 5.25. The first-order valence-corrected chi connectivity index (χ1v) is 2.80. The van der Waals surface area contributed by atoms with E-state index in [-0.39, 0.29) is 0 Å². The summed E-state index contributed by atoms with van der Waals surface area (Å²) in [6, 6.07) is 7.72. The summed E-state index contributed by atoms with van der Waals surface area (Å²) in [6.07, 6.45) is 1.57. The summed E-state index contributed by atoms with van der Waals surface area (Å²) >= 11 is 0. The molecule has 1 rings (SSSR count). The fourth-order valence-corrected chi connectivity index (χ4v) is 0.629. The third kappa shape index (κ3) is 1.32. The van der Waals surface area contributed by atoms with Crippen LogP contribution >= 0.6 is 0 Å². The zero-order valence-electron chi connectivity index (χ0n) is 5.17. The van der Waals surface area contributed by atoms with Crippen molar-refractivity contribution in [2.45, 2.75) is 0 Å². The van der Waals surface area contributed by atoms with Crippen molar-refractivity contribution in [2.24, 2.45) is 5.73 Å². The van der Waals surface area contributed by atoms with Crippen molar-refractivity contribution in [3.8, 4) is 0 Å². The van der Waals surface area contributed by atoms with E-state index in [1.54, 1.807) is 6.20 Å². The third-order valence-corrected chi connectivity index (χ3v) is 1.17. The molecule has 0 aliphatic heterocycles. The van der Waals surface area contributed by atoms with E-state index in [4.69, 9.17) is 5.73 Å². The van der Waals surface area contributed by atoms with Crippen LogP contribution in [0.25, 0.3) is 12.8 Å². The second-order valence-corrected chi connectivity index (χ2v) is 1.91. The molecular formula is C8H9N. The highest BCUT2D eigenvalue weighted by Gasteiger charge is 1.72. The Hall–Kier alpha value is -1.24. The van der Waals surface area contributed by atoms with Crippen LogP contribution in [-0.4, -0.2) is 0 Å². The van der Waals surface area contributed by atoms with Crippen molar-refractivity contribution in [2.75, 3.05) is 0 Å². The van der Waals surface area contributed by atoms with E-state index in [1.165, 1.54) is 0 Å². The first-order chi connectivity index (χ1) is 4.33. The highest BCUT2D eigenvalue weighted by Crippen LogP contribution is 1.64. The molecule has 0 bridgehead atoms. The minimum absolute atomic E-state index is 1.01. The topological polar surface area (TPSA) is 26.0 Å². The van der Waals surface area contributed by atoms with Crippen molar-refractivity contribution in [1.29, 1.82) is 0 Å². The lowest BCUT2D eigenvalue weighted by atomic mass is 10.3. The van der Waals surface area contributed by atoms with Gasteiger partial charge in [0.25, 0.3) is 0 Å². The molecule has 0 heterocycles. The van der Waals surface area contributed by atoms with E-state index >= 15 is 0 Å². The summed E-state index contributed by atoms with van der Waals surface area (Å²) in [4.78, 5) is 0. The van der Waals surface area contributed by atoms with E-state index in [0.717, 1.165) is 10.4 Å². The molecule has 1 nitrogen and oxygen atoms in total. The van der Waals surface area contributed by atoms with Crippen LogP contribution in [0.4, 0.5) is 0 Å². The molecule has 0 amide bonds. The van der Waals surface area contributed by atoms with Gasteiger partial charge in [0.15, 0.2) is 0 Å². The molecule has 1 aromatic carbocycles. The Bertz CT molecular complexity index is 264. The molecule has 46 valence electrons. The summed E-state index contributed by atoms with van der Waals surface area (Å²) in [7, 11) is 0. The average Bonchev–Trinajstić information content (AvgIpc) is 1.90. The highest BCUT2D eigenvalue weighted by molar-refractivity contribution is 5.20. The van der Waals surface area contributed by atoms with Crippen LogP contribution in [-0.2, 0) is 0 Å².